The van der Waals surface area contributed by atoms with E-state index in [0.717, 1.165) is 17.9 Å². The normalized spacial score (nSPS) is 12.9. The summed E-state index contributed by atoms with van der Waals surface area (Å²) in [5, 5.41) is 16.3. The van der Waals surface area contributed by atoms with Gasteiger partial charge in [0.25, 0.3) is 12.3 Å². The molecule has 0 aliphatic rings. The molecule has 0 saturated heterocycles. The van der Waals surface area contributed by atoms with Crippen molar-refractivity contribution in [1.29, 1.82) is 5.41 Å². The van der Waals surface area contributed by atoms with Crippen LogP contribution in [0, 0.1) is 5.41 Å². The van der Waals surface area contributed by atoms with Crippen molar-refractivity contribution in [2.45, 2.75) is 31.9 Å². The zero-order chi connectivity index (χ0) is 27.3. The van der Waals surface area contributed by atoms with Crippen LogP contribution in [0.1, 0.15) is 23.7 Å². The summed E-state index contributed by atoms with van der Waals surface area (Å²) >= 11 is 6.09. The first kappa shape index (κ1) is 28.9. The molecule has 1 heterocycles. The molecule has 0 bridgehead atoms. The van der Waals surface area contributed by atoms with Gasteiger partial charge in [-0.25, -0.2) is 13.5 Å². The Morgan fingerprint density at radius 2 is 1.89 bits per heavy atom. The second kappa shape index (κ2) is 11.6. The average Bonchev–Trinajstić information content (AvgIpc) is 3.28. The topological polar surface area (TPSA) is 92.0 Å². The van der Waals surface area contributed by atoms with Gasteiger partial charge in [0, 0.05) is 25.4 Å². The van der Waals surface area contributed by atoms with Gasteiger partial charge in [-0.1, -0.05) is 24.6 Å². The van der Waals surface area contributed by atoms with Gasteiger partial charge in [0.15, 0.2) is 17.3 Å². The van der Waals surface area contributed by atoms with E-state index in [1.54, 1.807) is 0 Å². The van der Waals surface area contributed by atoms with Crippen molar-refractivity contribution in [3.63, 3.8) is 0 Å². The van der Waals surface area contributed by atoms with Crippen molar-refractivity contribution in [2.75, 3.05) is 20.2 Å². The Kier molecular flexibility index (Phi) is 9.35. The van der Waals surface area contributed by atoms with Crippen molar-refractivity contribution in [3.8, 4) is 11.1 Å². The molecule has 2 rings (SSSR count). The van der Waals surface area contributed by atoms with Gasteiger partial charge in [-0.05, 0) is 24.1 Å². The minimum atomic E-state index is -6.18. The summed E-state index contributed by atoms with van der Waals surface area (Å²) in [5.41, 5.74) is -1.65. The van der Waals surface area contributed by atoms with Gasteiger partial charge in [0.2, 0.25) is 0 Å². The Morgan fingerprint density at radius 1 is 1.22 bits per heavy atom. The standard InChI is InChI=1S/C21H21ClF7N5O2/c1-3-6-32-19(35)13-7-11(4-5-14(13)22)12-8-33-34(9-12)18(31-2)16(36-10-15(23)24)17(30)20(25,26)21(27,28)29/h4-5,7-9,15,30-31H,3,6,10H2,1-2H3,(H,32,35)/b18-16-,30-17?. The van der Waals surface area contributed by atoms with Gasteiger partial charge < -0.3 is 15.4 Å². The first-order chi connectivity index (χ1) is 16.7. The highest BCUT2D eigenvalue weighted by Gasteiger charge is 2.62. The second-order valence-electron chi connectivity index (χ2n) is 7.20. The Balaban J connectivity index is 2.56. The van der Waals surface area contributed by atoms with E-state index in [2.05, 4.69) is 20.5 Å². The van der Waals surface area contributed by atoms with Crippen LogP contribution in [0.25, 0.3) is 16.9 Å². The molecule has 0 atom stereocenters. The lowest BCUT2D eigenvalue weighted by Gasteiger charge is -2.24. The third kappa shape index (κ3) is 6.47. The number of nitrogens with zero attached hydrogens (tertiary/aromatic N) is 2. The van der Waals surface area contributed by atoms with Crippen molar-refractivity contribution in [3.05, 3.63) is 46.9 Å². The number of allylic oxidation sites excluding steroid dienone is 1. The van der Waals surface area contributed by atoms with E-state index in [-0.39, 0.29) is 16.1 Å². The number of carbonyl (C=O) groups is 1. The van der Waals surface area contributed by atoms with Gasteiger partial charge in [-0.15, -0.1) is 0 Å². The van der Waals surface area contributed by atoms with E-state index in [1.165, 1.54) is 24.4 Å². The van der Waals surface area contributed by atoms with Gasteiger partial charge in [-0.3, -0.25) is 10.2 Å². The van der Waals surface area contributed by atoms with Gasteiger partial charge >= 0.3 is 12.1 Å². The first-order valence-corrected chi connectivity index (χ1v) is 10.6. The molecule has 0 saturated carbocycles. The van der Waals surface area contributed by atoms with Crippen molar-refractivity contribution < 1.29 is 40.3 Å². The molecule has 7 nitrogen and oxygen atoms in total. The van der Waals surface area contributed by atoms with E-state index < -0.39 is 48.3 Å². The van der Waals surface area contributed by atoms with Crippen LogP contribution >= 0.6 is 11.6 Å². The zero-order valence-corrected chi connectivity index (χ0v) is 19.6. The van der Waals surface area contributed by atoms with E-state index in [1.807, 2.05) is 6.92 Å². The monoisotopic (exact) mass is 543 g/mol. The summed E-state index contributed by atoms with van der Waals surface area (Å²) < 4.78 is 96.9. The van der Waals surface area contributed by atoms with Crippen LogP contribution in [0.5, 0.6) is 0 Å². The molecule has 0 unspecified atom stereocenters. The lowest BCUT2D eigenvalue weighted by Crippen LogP contribution is -2.45. The number of benzene rings is 1. The number of amides is 1. The fourth-order valence-corrected chi connectivity index (χ4v) is 3.03. The predicted molar refractivity (Wildman–Crippen MR) is 118 cm³/mol. The number of hydrogen-bond acceptors (Lipinski definition) is 5. The van der Waals surface area contributed by atoms with Gasteiger partial charge in [-0.2, -0.15) is 27.1 Å². The van der Waals surface area contributed by atoms with Gasteiger partial charge in [0.05, 0.1) is 16.8 Å². The van der Waals surface area contributed by atoms with Crippen LogP contribution in [0.4, 0.5) is 30.7 Å². The minimum absolute atomic E-state index is 0.118. The fraction of sp³-hybridized carbons (Fsp3) is 0.381. The Morgan fingerprint density at radius 3 is 2.44 bits per heavy atom. The zero-order valence-electron chi connectivity index (χ0n) is 18.8. The highest BCUT2D eigenvalue weighted by molar-refractivity contribution is 6.34. The lowest BCUT2D eigenvalue weighted by molar-refractivity contribution is -0.249. The van der Waals surface area contributed by atoms with E-state index in [0.29, 0.717) is 18.5 Å². The summed E-state index contributed by atoms with van der Waals surface area (Å²) in [6.07, 6.45) is -6.42. The number of aromatic nitrogens is 2. The third-order valence-electron chi connectivity index (χ3n) is 4.59. The maximum Gasteiger partial charge on any atom is 0.459 e. The lowest BCUT2D eigenvalue weighted by atomic mass is 10.1. The first-order valence-electron chi connectivity index (χ1n) is 10.2. The molecule has 0 fully saturated rings. The smallest absolute Gasteiger partial charge is 0.459 e. The predicted octanol–water partition coefficient (Wildman–Crippen LogP) is 5.19. The number of halogens is 8. The van der Waals surface area contributed by atoms with Crippen LogP contribution in [0.3, 0.4) is 0 Å². The molecule has 2 aromatic rings. The van der Waals surface area contributed by atoms with Crippen LogP contribution < -0.4 is 10.6 Å². The summed E-state index contributed by atoms with van der Waals surface area (Å²) in [6, 6.07) is 4.32. The van der Waals surface area contributed by atoms with E-state index >= 15 is 0 Å². The highest BCUT2D eigenvalue weighted by atomic mass is 35.5. The average molecular weight is 544 g/mol. The summed E-state index contributed by atoms with van der Waals surface area (Å²) in [5.74, 6) is -8.38. The molecule has 0 aliphatic heterocycles. The van der Waals surface area contributed by atoms with Crippen LogP contribution in [0.15, 0.2) is 36.4 Å². The molecular formula is C21H21ClF7N5O2. The molecule has 198 valence electrons. The van der Waals surface area contributed by atoms with Crippen molar-refractivity contribution in [1.82, 2.24) is 20.4 Å². The number of nitrogens with one attached hydrogen (secondary N) is 3. The molecule has 1 aromatic carbocycles. The van der Waals surface area contributed by atoms with Crippen LogP contribution in [-0.2, 0) is 4.74 Å². The summed E-state index contributed by atoms with van der Waals surface area (Å²) in [7, 11) is 1.08. The maximum atomic E-state index is 13.9. The second-order valence-corrected chi connectivity index (χ2v) is 7.61. The van der Waals surface area contributed by atoms with Crippen LogP contribution in [0.2, 0.25) is 5.02 Å². The number of hydrogen-bond donors (Lipinski definition) is 3. The molecule has 0 aliphatic carbocycles. The van der Waals surface area contributed by atoms with E-state index in [4.69, 9.17) is 17.0 Å². The largest absolute Gasteiger partial charge is 0.482 e. The molecule has 36 heavy (non-hydrogen) atoms. The fourth-order valence-electron chi connectivity index (χ4n) is 2.83. The Bertz CT molecular complexity index is 1130. The molecule has 1 amide bonds. The minimum Gasteiger partial charge on any atom is -0.482 e. The third-order valence-corrected chi connectivity index (χ3v) is 4.92. The molecular weight excluding hydrogens is 523 g/mol. The molecule has 3 N–H and O–H groups in total. The maximum absolute atomic E-state index is 13.9. The summed E-state index contributed by atoms with van der Waals surface area (Å²) in [6.45, 7) is 0.686. The quantitative estimate of drug-likeness (QED) is 0.207. The van der Waals surface area contributed by atoms with Crippen molar-refractivity contribution >= 4 is 29.0 Å². The molecule has 0 radical (unpaired) electrons. The van der Waals surface area contributed by atoms with Crippen LogP contribution in [-0.4, -0.2) is 60.1 Å². The SMILES string of the molecule is CCCNC(=O)c1cc(-c2cnn(/C(NC)=C(\OCC(F)F)C(=N)C(F)(F)C(F)(F)F)c2)ccc1Cl. The number of rotatable bonds is 11. The molecule has 15 heteroatoms. The number of alkyl halides is 7. The van der Waals surface area contributed by atoms with Gasteiger partial charge in [0.1, 0.15) is 6.61 Å². The van der Waals surface area contributed by atoms with Crippen molar-refractivity contribution in [2.24, 2.45) is 0 Å². The molecule has 1 aromatic heterocycles. The Hall–Kier alpha value is -3.29. The number of carbonyl (C=O) groups excluding carboxylic acids is 1. The Labute approximate surface area is 205 Å². The van der Waals surface area contributed by atoms with E-state index in [9.17, 15) is 35.5 Å². The highest BCUT2D eigenvalue weighted by Crippen LogP contribution is 2.39. The summed E-state index contributed by atoms with van der Waals surface area (Å²) in [4.78, 5) is 12.3. The molecule has 0 spiro atoms. The number of ether oxygens (including phenoxy) is 1.